The number of benzene rings is 2. The van der Waals surface area contributed by atoms with Gasteiger partial charge in [0.2, 0.25) is 0 Å². The second kappa shape index (κ2) is 6.06. The van der Waals surface area contributed by atoms with Crippen LogP contribution in [0.25, 0.3) is 0 Å². The van der Waals surface area contributed by atoms with E-state index in [1.54, 1.807) is 12.1 Å². The highest BCUT2D eigenvalue weighted by molar-refractivity contribution is 14.1. The lowest BCUT2D eigenvalue weighted by molar-refractivity contribution is 0.0921. The molecule has 0 amide bonds. The Morgan fingerprint density at radius 3 is 2.53 bits per heavy atom. The highest BCUT2D eigenvalue weighted by Crippen LogP contribution is 2.19. The number of aromatic hydroxyl groups is 1. The summed E-state index contributed by atoms with van der Waals surface area (Å²) in [5.74, 6) is 0.715. The molecule has 0 aromatic heterocycles. The average molecular weight is 368 g/mol. The van der Waals surface area contributed by atoms with E-state index in [-0.39, 0.29) is 18.1 Å². The first kappa shape index (κ1) is 13.9. The third-order valence-electron chi connectivity index (χ3n) is 2.69. The van der Waals surface area contributed by atoms with Crippen molar-refractivity contribution in [1.82, 2.24) is 0 Å². The molecule has 0 aliphatic carbocycles. The number of carbonyl (C=O) groups excluding carboxylic acids is 1. The van der Waals surface area contributed by atoms with Crippen molar-refractivity contribution in [3.63, 3.8) is 0 Å². The SMILES string of the molecule is Cc1cc(OCC(=O)c2ccc(O)cc2)ccc1I. The average Bonchev–Trinajstić information content (AvgIpc) is 2.40. The highest BCUT2D eigenvalue weighted by Gasteiger charge is 2.07. The maximum Gasteiger partial charge on any atom is 0.200 e. The summed E-state index contributed by atoms with van der Waals surface area (Å²) in [6.07, 6.45) is 0. The molecule has 2 aromatic carbocycles. The Morgan fingerprint density at radius 2 is 1.89 bits per heavy atom. The Bertz CT molecular complexity index is 591. The second-order valence-corrected chi connectivity index (χ2v) is 5.33. The molecular weight excluding hydrogens is 355 g/mol. The lowest BCUT2D eigenvalue weighted by Crippen LogP contribution is -2.11. The summed E-state index contributed by atoms with van der Waals surface area (Å²) in [4.78, 5) is 11.9. The zero-order valence-corrected chi connectivity index (χ0v) is 12.5. The van der Waals surface area contributed by atoms with E-state index in [4.69, 9.17) is 9.84 Å². The van der Waals surface area contributed by atoms with Gasteiger partial charge >= 0.3 is 0 Å². The van der Waals surface area contributed by atoms with E-state index in [2.05, 4.69) is 22.6 Å². The van der Waals surface area contributed by atoms with Gasteiger partial charge in [0.05, 0.1) is 0 Å². The molecule has 3 nitrogen and oxygen atoms in total. The van der Waals surface area contributed by atoms with Gasteiger partial charge in [-0.2, -0.15) is 0 Å². The zero-order chi connectivity index (χ0) is 13.8. The van der Waals surface area contributed by atoms with Crippen LogP contribution in [0.1, 0.15) is 15.9 Å². The Hall–Kier alpha value is -1.56. The zero-order valence-electron chi connectivity index (χ0n) is 10.4. The van der Waals surface area contributed by atoms with Crippen molar-refractivity contribution in [2.24, 2.45) is 0 Å². The third kappa shape index (κ3) is 3.70. The van der Waals surface area contributed by atoms with E-state index in [9.17, 15) is 4.79 Å². The maximum atomic E-state index is 11.9. The van der Waals surface area contributed by atoms with Crippen LogP contribution < -0.4 is 4.74 Å². The van der Waals surface area contributed by atoms with E-state index in [0.717, 1.165) is 9.13 Å². The van der Waals surface area contributed by atoms with Gasteiger partial charge in [-0.25, -0.2) is 0 Å². The van der Waals surface area contributed by atoms with Gasteiger partial charge < -0.3 is 9.84 Å². The Morgan fingerprint density at radius 1 is 1.21 bits per heavy atom. The number of ketones is 1. The molecule has 0 aliphatic rings. The molecule has 0 heterocycles. The predicted molar refractivity (Wildman–Crippen MR) is 81.8 cm³/mol. The normalized spacial score (nSPS) is 10.2. The van der Waals surface area contributed by atoms with Crippen LogP contribution in [0.2, 0.25) is 0 Å². The maximum absolute atomic E-state index is 11.9. The fourth-order valence-electron chi connectivity index (χ4n) is 1.59. The highest BCUT2D eigenvalue weighted by atomic mass is 127. The molecule has 0 bridgehead atoms. The van der Waals surface area contributed by atoms with Crippen molar-refractivity contribution in [3.05, 3.63) is 57.2 Å². The van der Waals surface area contributed by atoms with E-state index in [0.29, 0.717) is 11.3 Å². The van der Waals surface area contributed by atoms with Gasteiger partial charge in [-0.15, -0.1) is 0 Å². The number of rotatable bonds is 4. The van der Waals surface area contributed by atoms with Crippen LogP contribution in [0.3, 0.4) is 0 Å². The van der Waals surface area contributed by atoms with Crippen molar-refractivity contribution >= 4 is 28.4 Å². The van der Waals surface area contributed by atoms with Gasteiger partial charge in [0, 0.05) is 9.13 Å². The summed E-state index contributed by atoms with van der Waals surface area (Å²) < 4.78 is 6.63. The van der Waals surface area contributed by atoms with Crippen molar-refractivity contribution < 1.29 is 14.6 Å². The quantitative estimate of drug-likeness (QED) is 0.663. The lowest BCUT2D eigenvalue weighted by Gasteiger charge is -2.07. The minimum Gasteiger partial charge on any atom is -0.508 e. The first-order valence-electron chi connectivity index (χ1n) is 5.77. The van der Waals surface area contributed by atoms with Gasteiger partial charge in [0.1, 0.15) is 11.5 Å². The lowest BCUT2D eigenvalue weighted by atomic mass is 10.1. The third-order valence-corrected chi connectivity index (χ3v) is 3.90. The van der Waals surface area contributed by atoms with Gasteiger partial charge in [-0.3, -0.25) is 4.79 Å². The molecule has 0 spiro atoms. The molecule has 0 atom stereocenters. The Kier molecular flexibility index (Phi) is 4.42. The van der Waals surface area contributed by atoms with E-state index in [1.165, 1.54) is 12.1 Å². The molecule has 0 saturated heterocycles. The first-order chi connectivity index (χ1) is 9.06. The van der Waals surface area contributed by atoms with Crippen LogP contribution in [-0.4, -0.2) is 17.5 Å². The van der Waals surface area contributed by atoms with Gasteiger partial charge in [0.25, 0.3) is 0 Å². The molecule has 0 aliphatic heterocycles. The van der Waals surface area contributed by atoms with E-state index < -0.39 is 0 Å². The Balaban J connectivity index is 2.00. The number of halogens is 1. The number of phenolic OH excluding ortho intramolecular Hbond substituents is 1. The number of phenols is 1. The van der Waals surface area contributed by atoms with Crippen LogP contribution >= 0.6 is 22.6 Å². The minimum absolute atomic E-state index is 0.00912. The predicted octanol–water partition coefficient (Wildman–Crippen LogP) is 3.57. The van der Waals surface area contributed by atoms with Crippen LogP contribution in [0, 0.1) is 10.5 Å². The monoisotopic (exact) mass is 368 g/mol. The molecular formula is C15H13IO3. The number of hydrogen-bond acceptors (Lipinski definition) is 3. The van der Waals surface area contributed by atoms with Crippen LogP contribution in [0.15, 0.2) is 42.5 Å². The van der Waals surface area contributed by atoms with Crippen LogP contribution in [0.5, 0.6) is 11.5 Å². The summed E-state index contributed by atoms with van der Waals surface area (Å²) in [5, 5.41) is 9.16. The van der Waals surface area contributed by atoms with E-state index in [1.807, 2.05) is 25.1 Å². The summed E-state index contributed by atoms with van der Waals surface area (Å²) in [5.41, 5.74) is 1.65. The number of aryl methyl sites for hydroxylation is 1. The topological polar surface area (TPSA) is 46.5 Å². The summed E-state index contributed by atoms with van der Waals surface area (Å²) in [6.45, 7) is 1.99. The summed E-state index contributed by atoms with van der Waals surface area (Å²) in [6, 6.07) is 11.9. The smallest absolute Gasteiger partial charge is 0.200 e. The summed E-state index contributed by atoms with van der Waals surface area (Å²) >= 11 is 2.25. The van der Waals surface area contributed by atoms with Crippen LogP contribution in [-0.2, 0) is 0 Å². The minimum atomic E-state index is -0.115. The molecule has 2 rings (SSSR count). The van der Waals surface area contributed by atoms with Gasteiger partial charge in [-0.1, -0.05) is 0 Å². The molecule has 98 valence electrons. The fraction of sp³-hybridized carbons (Fsp3) is 0.133. The molecule has 0 fully saturated rings. The number of carbonyl (C=O) groups is 1. The molecule has 19 heavy (non-hydrogen) atoms. The van der Waals surface area contributed by atoms with Crippen molar-refractivity contribution in [2.75, 3.05) is 6.61 Å². The van der Waals surface area contributed by atoms with Crippen molar-refractivity contribution in [3.8, 4) is 11.5 Å². The first-order valence-corrected chi connectivity index (χ1v) is 6.85. The number of Topliss-reactive ketones (excluding diaryl/α,β-unsaturated/α-hetero) is 1. The molecule has 1 N–H and O–H groups in total. The Labute approximate surface area is 125 Å². The second-order valence-electron chi connectivity index (χ2n) is 4.17. The molecule has 4 heteroatoms. The van der Waals surface area contributed by atoms with Crippen molar-refractivity contribution in [2.45, 2.75) is 6.92 Å². The van der Waals surface area contributed by atoms with Gasteiger partial charge in [0.15, 0.2) is 12.4 Å². The molecule has 0 unspecified atom stereocenters. The van der Waals surface area contributed by atoms with Crippen molar-refractivity contribution in [1.29, 1.82) is 0 Å². The summed E-state index contributed by atoms with van der Waals surface area (Å²) in [7, 11) is 0. The van der Waals surface area contributed by atoms with Gasteiger partial charge in [-0.05, 0) is 77.5 Å². The fourth-order valence-corrected chi connectivity index (χ4v) is 1.92. The molecule has 2 aromatic rings. The van der Waals surface area contributed by atoms with E-state index >= 15 is 0 Å². The number of ether oxygens (including phenoxy) is 1. The largest absolute Gasteiger partial charge is 0.508 e. The number of hydrogen-bond donors (Lipinski definition) is 1. The standard InChI is InChI=1S/C15H13IO3/c1-10-8-13(6-7-14(10)16)19-9-15(18)11-2-4-12(17)5-3-11/h2-8,17H,9H2,1H3. The van der Waals surface area contributed by atoms with Crippen LogP contribution in [0.4, 0.5) is 0 Å². The molecule has 0 radical (unpaired) electrons. The molecule has 0 saturated carbocycles.